The highest BCUT2D eigenvalue weighted by Crippen LogP contribution is 2.34. The summed E-state index contributed by atoms with van der Waals surface area (Å²) >= 11 is 0. The zero-order chi connectivity index (χ0) is 11.7. The van der Waals surface area contributed by atoms with Gasteiger partial charge in [0.25, 0.3) is 0 Å². The van der Waals surface area contributed by atoms with Crippen LogP contribution in [0.25, 0.3) is 0 Å². The van der Waals surface area contributed by atoms with E-state index in [1.54, 1.807) is 13.3 Å². The fourth-order valence-corrected chi connectivity index (χ4v) is 3.06. The molecule has 0 amide bonds. The van der Waals surface area contributed by atoms with Crippen LogP contribution < -0.4 is 15.0 Å². The lowest BCUT2D eigenvalue weighted by Crippen LogP contribution is -2.38. The number of hydrogen-bond acceptors (Lipinski definition) is 4. The van der Waals surface area contributed by atoms with Gasteiger partial charge in [-0.05, 0) is 25.8 Å². The Balaban J connectivity index is 1.91. The zero-order valence-corrected chi connectivity index (χ0v) is 10.2. The van der Waals surface area contributed by atoms with Crippen LogP contribution in [0.4, 0.5) is 5.69 Å². The minimum absolute atomic E-state index is 0.622. The van der Waals surface area contributed by atoms with Gasteiger partial charge in [0.05, 0.1) is 25.2 Å². The van der Waals surface area contributed by atoms with Crippen molar-refractivity contribution in [1.29, 1.82) is 0 Å². The lowest BCUT2D eigenvalue weighted by Gasteiger charge is -2.30. The average molecular weight is 233 g/mol. The number of fused-ring (bicyclic) bond motifs is 2. The van der Waals surface area contributed by atoms with Crippen LogP contribution in [0.3, 0.4) is 0 Å². The van der Waals surface area contributed by atoms with Gasteiger partial charge in [-0.1, -0.05) is 0 Å². The van der Waals surface area contributed by atoms with E-state index in [1.807, 2.05) is 6.20 Å². The molecule has 1 aromatic heterocycles. The first kappa shape index (κ1) is 10.8. The Kier molecular flexibility index (Phi) is 2.89. The normalized spacial score (nSPS) is 27.9. The van der Waals surface area contributed by atoms with Crippen molar-refractivity contribution in [3.8, 4) is 5.75 Å². The number of pyridine rings is 1. The number of nitrogens with zero attached hydrogens (tertiary/aromatic N) is 2. The lowest BCUT2D eigenvalue weighted by molar-refractivity contribution is 0.412. The molecule has 2 fully saturated rings. The fourth-order valence-electron chi connectivity index (χ4n) is 3.06. The van der Waals surface area contributed by atoms with Crippen LogP contribution in [0.5, 0.6) is 5.75 Å². The highest BCUT2D eigenvalue weighted by Gasteiger charge is 2.35. The molecular weight excluding hydrogens is 214 g/mol. The lowest BCUT2D eigenvalue weighted by atomic mass is 10.1. The summed E-state index contributed by atoms with van der Waals surface area (Å²) in [7, 11) is 1.69. The quantitative estimate of drug-likeness (QED) is 0.838. The largest absolute Gasteiger partial charge is 0.495 e. The van der Waals surface area contributed by atoms with Crippen molar-refractivity contribution < 1.29 is 4.74 Å². The van der Waals surface area contributed by atoms with Crippen LogP contribution in [0.1, 0.15) is 19.3 Å². The average Bonchev–Trinajstić information content (AvgIpc) is 2.63. The molecular formula is C13H19N3O. The van der Waals surface area contributed by atoms with Crippen molar-refractivity contribution in [2.75, 3.05) is 25.1 Å². The van der Waals surface area contributed by atoms with Crippen LogP contribution in [0.15, 0.2) is 18.5 Å². The fraction of sp³-hybridized carbons (Fsp3) is 0.615. The van der Waals surface area contributed by atoms with Crippen LogP contribution in [-0.2, 0) is 0 Å². The van der Waals surface area contributed by atoms with Crippen molar-refractivity contribution in [2.45, 2.75) is 31.3 Å². The maximum Gasteiger partial charge on any atom is 0.139 e. The molecule has 0 spiro atoms. The molecule has 4 heteroatoms. The van der Waals surface area contributed by atoms with E-state index >= 15 is 0 Å². The standard InChI is InChI=1S/C13H19N3O/c1-17-13-6-12(8-15-9-13)16-10-2-3-11(16)7-14-5-4-10/h6,8-11,14H,2-5,7H2,1H3/t10-,11+/m1/s1. The number of ether oxygens (including phenoxy) is 1. The molecule has 0 aliphatic carbocycles. The molecule has 0 aromatic carbocycles. The minimum atomic E-state index is 0.622. The molecule has 17 heavy (non-hydrogen) atoms. The van der Waals surface area contributed by atoms with Gasteiger partial charge in [0.1, 0.15) is 5.75 Å². The third-order valence-corrected chi connectivity index (χ3v) is 3.89. The molecule has 0 saturated carbocycles. The van der Waals surface area contributed by atoms with Gasteiger partial charge in [0.2, 0.25) is 0 Å². The number of rotatable bonds is 2. The number of aromatic nitrogens is 1. The number of nitrogens with one attached hydrogen (secondary N) is 1. The maximum absolute atomic E-state index is 5.26. The molecule has 2 atom stereocenters. The summed E-state index contributed by atoms with van der Waals surface area (Å²) < 4.78 is 5.26. The molecule has 3 heterocycles. The first-order valence-electron chi connectivity index (χ1n) is 6.36. The Morgan fingerprint density at radius 1 is 1.29 bits per heavy atom. The molecule has 1 N–H and O–H groups in total. The predicted molar refractivity (Wildman–Crippen MR) is 67.6 cm³/mol. The molecule has 1 aromatic rings. The van der Waals surface area contributed by atoms with E-state index in [0.717, 1.165) is 18.8 Å². The SMILES string of the molecule is COc1cncc(N2[C@H]3CCNC[C@@H]2CC3)c1. The molecule has 2 bridgehead atoms. The highest BCUT2D eigenvalue weighted by atomic mass is 16.5. The predicted octanol–water partition coefficient (Wildman–Crippen LogP) is 1.42. The maximum atomic E-state index is 5.26. The van der Waals surface area contributed by atoms with E-state index < -0.39 is 0 Å². The first-order valence-corrected chi connectivity index (χ1v) is 6.36. The van der Waals surface area contributed by atoms with Gasteiger partial charge < -0.3 is 15.0 Å². The Bertz CT molecular complexity index is 382. The summed E-state index contributed by atoms with van der Waals surface area (Å²) in [4.78, 5) is 6.81. The zero-order valence-electron chi connectivity index (χ0n) is 10.2. The molecule has 3 rings (SSSR count). The van der Waals surface area contributed by atoms with Crippen molar-refractivity contribution in [3.63, 3.8) is 0 Å². The van der Waals surface area contributed by atoms with E-state index in [1.165, 1.54) is 24.9 Å². The Morgan fingerprint density at radius 2 is 2.18 bits per heavy atom. The monoisotopic (exact) mass is 233 g/mol. The third-order valence-electron chi connectivity index (χ3n) is 3.89. The second-order valence-electron chi connectivity index (χ2n) is 4.87. The topological polar surface area (TPSA) is 37.4 Å². The number of methoxy groups -OCH3 is 1. The highest BCUT2D eigenvalue weighted by molar-refractivity contribution is 5.51. The van der Waals surface area contributed by atoms with E-state index in [2.05, 4.69) is 21.3 Å². The Hall–Kier alpha value is -1.29. The van der Waals surface area contributed by atoms with Crippen LogP contribution in [0, 0.1) is 0 Å². The molecule has 2 aliphatic rings. The van der Waals surface area contributed by atoms with Gasteiger partial charge in [-0.2, -0.15) is 0 Å². The van der Waals surface area contributed by atoms with Gasteiger partial charge in [-0.15, -0.1) is 0 Å². The molecule has 2 aliphatic heterocycles. The second-order valence-corrected chi connectivity index (χ2v) is 4.87. The second kappa shape index (κ2) is 4.53. The van der Waals surface area contributed by atoms with E-state index in [-0.39, 0.29) is 0 Å². The third kappa shape index (κ3) is 1.97. The molecule has 92 valence electrons. The van der Waals surface area contributed by atoms with Gasteiger partial charge in [0.15, 0.2) is 0 Å². The summed E-state index contributed by atoms with van der Waals surface area (Å²) in [6.45, 7) is 2.22. The minimum Gasteiger partial charge on any atom is -0.495 e. The summed E-state index contributed by atoms with van der Waals surface area (Å²) in [5, 5.41) is 3.51. The molecule has 0 radical (unpaired) electrons. The molecule has 4 nitrogen and oxygen atoms in total. The van der Waals surface area contributed by atoms with E-state index in [9.17, 15) is 0 Å². The van der Waals surface area contributed by atoms with E-state index in [0.29, 0.717) is 12.1 Å². The van der Waals surface area contributed by atoms with Crippen molar-refractivity contribution in [2.24, 2.45) is 0 Å². The molecule has 0 unspecified atom stereocenters. The first-order chi connectivity index (χ1) is 8.38. The summed E-state index contributed by atoms with van der Waals surface area (Å²) in [6, 6.07) is 3.39. The Morgan fingerprint density at radius 3 is 3.06 bits per heavy atom. The van der Waals surface area contributed by atoms with Gasteiger partial charge in [-0.3, -0.25) is 4.98 Å². The van der Waals surface area contributed by atoms with Gasteiger partial charge in [0, 0.05) is 24.7 Å². The Labute approximate surface area is 102 Å². The summed E-state index contributed by atoms with van der Waals surface area (Å²) in [6.07, 6.45) is 7.55. The number of hydrogen-bond donors (Lipinski definition) is 1. The summed E-state index contributed by atoms with van der Waals surface area (Å²) in [5.74, 6) is 0.846. The van der Waals surface area contributed by atoms with Crippen molar-refractivity contribution in [3.05, 3.63) is 18.5 Å². The van der Waals surface area contributed by atoms with Crippen LogP contribution in [0.2, 0.25) is 0 Å². The van der Waals surface area contributed by atoms with Gasteiger partial charge in [-0.25, -0.2) is 0 Å². The van der Waals surface area contributed by atoms with Crippen molar-refractivity contribution >= 4 is 5.69 Å². The van der Waals surface area contributed by atoms with Crippen LogP contribution >= 0.6 is 0 Å². The van der Waals surface area contributed by atoms with Crippen molar-refractivity contribution in [1.82, 2.24) is 10.3 Å². The molecule has 2 saturated heterocycles. The summed E-state index contributed by atoms with van der Waals surface area (Å²) in [5.41, 5.74) is 1.21. The smallest absolute Gasteiger partial charge is 0.139 e. The van der Waals surface area contributed by atoms with Gasteiger partial charge >= 0.3 is 0 Å². The van der Waals surface area contributed by atoms with Crippen LogP contribution in [-0.4, -0.2) is 37.3 Å². The van der Waals surface area contributed by atoms with E-state index in [4.69, 9.17) is 4.74 Å². The number of anilines is 1.